The van der Waals surface area contributed by atoms with Crippen molar-refractivity contribution in [2.75, 3.05) is 41.6 Å². The Balaban J connectivity index is 1.42. The first-order valence-corrected chi connectivity index (χ1v) is 10.7. The monoisotopic (exact) mass is 479 g/mol. The molecule has 35 heavy (non-hydrogen) atoms. The Kier molecular flexibility index (Phi) is 7.15. The smallest absolute Gasteiger partial charge is 0.251 e. The summed E-state index contributed by atoms with van der Waals surface area (Å²) in [6, 6.07) is 14.1. The van der Waals surface area contributed by atoms with Crippen molar-refractivity contribution < 1.29 is 28.5 Å². The molecule has 4 rings (SSSR count). The van der Waals surface area contributed by atoms with Gasteiger partial charge in [-0.05, 0) is 30.3 Å². The zero-order valence-electron chi connectivity index (χ0n) is 19.8. The molecule has 2 aromatic carbocycles. The van der Waals surface area contributed by atoms with Gasteiger partial charge in [0.25, 0.3) is 5.91 Å². The molecule has 0 aliphatic carbocycles. The average molecular weight is 479 g/mol. The number of fused-ring (bicyclic) bond motifs is 1. The minimum atomic E-state index is -0.312. The zero-order chi connectivity index (χ0) is 24.8. The number of methoxy groups -OCH3 is 4. The number of para-hydroxylation sites is 1. The van der Waals surface area contributed by atoms with Gasteiger partial charge in [-0.25, -0.2) is 0 Å². The van der Waals surface area contributed by atoms with Crippen LogP contribution in [-0.4, -0.2) is 67.3 Å². The fourth-order valence-corrected chi connectivity index (χ4v) is 3.48. The largest absolute Gasteiger partial charge is 0.496 e. The number of carbonyl (C=O) groups excluding carboxylic acids is 1. The predicted octanol–water partition coefficient (Wildman–Crippen LogP) is 2.63. The van der Waals surface area contributed by atoms with Crippen LogP contribution in [0.15, 0.2) is 48.5 Å². The van der Waals surface area contributed by atoms with Crippen molar-refractivity contribution in [1.82, 2.24) is 25.1 Å². The molecule has 0 spiro atoms. The van der Waals surface area contributed by atoms with Crippen molar-refractivity contribution in [3.05, 3.63) is 54.1 Å². The summed E-state index contributed by atoms with van der Waals surface area (Å²) in [7, 11) is 6.08. The van der Waals surface area contributed by atoms with Crippen LogP contribution < -0.4 is 29.0 Å². The number of hydrogen-bond donors (Lipinski definition) is 1. The van der Waals surface area contributed by atoms with E-state index in [1.54, 1.807) is 35.9 Å². The first kappa shape index (κ1) is 23.6. The molecule has 0 atom stereocenters. The second kappa shape index (κ2) is 10.6. The highest BCUT2D eigenvalue weighted by atomic mass is 16.5. The van der Waals surface area contributed by atoms with Gasteiger partial charge in [-0.3, -0.25) is 4.79 Å². The highest BCUT2D eigenvalue weighted by molar-refractivity contribution is 5.95. The van der Waals surface area contributed by atoms with Crippen molar-refractivity contribution in [3.63, 3.8) is 0 Å². The lowest BCUT2D eigenvalue weighted by Gasteiger charge is -2.14. The van der Waals surface area contributed by atoms with Gasteiger partial charge in [-0.1, -0.05) is 12.1 Å². The molecule has 4 aromatic rings. The number of nitrogens with zero attached hydrogens (tertiary/aromatic N) is 4. The molecule has 0 aliphatic heterocycles. The number of benzene rings is 2. The number of nitrogens with one attached hydrogen (secondary N) is 1. The van der Waals surface area contributed by atoms with Crippen LogP contribution in [0.1, 0.15) is 10.4 Å². The average Bonchev–Trinajstić information content (AvgIpc) is 3.33. The van der Waals surface area contributed by atoms with E-state index in [2.05, 4.69) is 20.6 Å². The van der Waals surface area contributed by atoms with Crippen molar-refractivity contribution >= 4 is 11.6 Å². The summed E-state index contributed by atoms with van der Waals surface area (Å²) in [5.41, 5.74) is 1.68. The van der Waals surface area contributed by atoms with Gasteiger partial charge in [0.2, 0.25) is 11.6 Å². The molecular weight excluding hydrogens is 454 g/mol. The van der Waals surface area contributed by atoms with Crippen LogP contribution in [0, 0.1) is 0 Å². The van der Waals surface area contributed by atoms with E-state index in [4.69, 9.17) is 23.7 Å². The molecule has 11 heteroatoms. The summed E-state index contributed by atoms with van der Waals surface area (Å²) in [6.45, 7) is 0.442. The van der Waals surface area contributed by atoms with Crippen molar-refractivity contribution in [2.24, 2.45) is 0 Å². The Morgan fingerprint density at radius 1 is 0.886 bits per heavy atom. The summed E-state index contributed by atoms with van der Waals surface area (Å²) in [5.74, 6) is 2.43. The summed E-state index contributed by atoms with van der Waals surface area (Å²) in [6.07, 6.45) is 0. The van der Waals surface area contributed by atoms with E-state index in [0.29, 0.717) is 45.9 Å². The molecule has 11 nitrogen and oxygen atoms in total. The molecule has 1 amide bonds. The molecule has 0 radical (unpaired) electrons. The van der Waals surface area contributed by atoms with Crippen LogP contribution in [0.25, 0.3) is 17.0 Å². The zero-order valence-corrected chi connectivity index (χ0v) is 19.8. The van der Waals surface area contributed by atoms with Crippen LogP contribution in [0.2, 0.25) is 0 Å². The normalized spacial score (nSPS) is 10.6. The summed E-state index contributed by atoms with van der Waals surface area (Å²) < 4.78 is 28.6. The lowest BCUT2D eigenvalue weighted by atomic mass is 10.1. The third-order valence-electron chi connectivity index (χ3n) is 5.15. The first-order valence-electron chi connectivity index (χ1n) is 10.7. The van der Waals surface area contributed by atoms with Crippen molar-refractivity contribution in [1.29, 1.82) is 0 Å². The quantitative estimate of drug-likeness (QED) is 0.342. The van der Waals surface area contributed by atoms with Crippen LogP contribution in [-0.2, 0) is 0 Å². The summed E-state index contributed by atoms with van der Waals surface area (Å²) in [5, 5.41) is 15.7. The third-order valence-corrected chi connectivity index (χ3v) is 5.15. The van der Waals surface area contributed by atoms with E-state index in [9.17, 15) is 4.79 Å². The number of ether oxygens (including phenoxy) is 5. The maximum atomic E-state index is 12.6. The second-order valence-electron chi connectivity index (χ2n) is 7.18. The molecule has 182 valence electrons. The van der Waals surface area contributed by atoms with Crippen molar-refractivity contribution in [2.45, 2.75) is 0 Å². The number of aromatic nitrogens is 4. The van der Waals surface area contributed by atoms with Gasteiger partial charge in [0.15, 0.2) is 23.0 Å². The van der Waals surface area contributed by atoms with Crippen LogP contribution in [0.4, 0.5) is 0 Å². The Morgan fingerprint density at radius 3 is 2.29 bits per heavy atom. The Morgan fingerprint density at radius 2 is 1.60 bits per heavy atom. The van der Waals surface area contributed by atoms with E-state index in [1.165, 1.54) is 21.3 Å². The fourth-order valence-electron chi connectivity index (χ4n) is 3.48. The highest BCUT2D eigenvalue weighted by Crippen LogP contribution is 2.38. The number of amides is 1. The number of hydrogen-bond acceptors (Lipinski definition) is 9. The van der Waals surface area contributed by atoms with Gasteiger partial charge in [0, 0.05) is 11.6 Å². The van der Waals surface area contributed by atoms with Crippen LogP contribution in [0.5, 0.6) is 28.9 Å². The first-order chi connectivity index (χ1) is 17.1. The lowest BCUT2D eigenvalue weighted by Crippen LogP contribution is -2.28. The molecular formula is C24H25N5O6. The van der Waals surface area contributed by atoms with E-state index < -0.39 is 0 Å². The maximum Gasteiger partial charge on any atom is 0.251 e. The van der Waals surface area contributed by atoms with Crippen molar-refractivity contribution in [3.8, 4) is 40.3 Å². The molecule has 2 aromatic heterocycles. The lowest BCUT2D eigenvalue weighted by molar-refractivity contribution is 0.0945. The Labute approximate surface area is 201 Å². The molecule has 0 saturated heterocycles. The van der Waals surface area contributed by atoms with Crippen LogP contribution in [0.3, 0.4) is 0 Å². The summed E-state index contributed by atoms with van der Waals surface area (Å²) >= 11 is 0. The standard InChI is InChI=1S/C24H25N5O6/c1-31-17-8-6-5-7-16(17)23-27-26-20-9-10-21(28-29(20)23)35-12-11-25-24(30)15-13-18(32-2)22(34-4)19(14-15)33-3/h5-10,13-14H,11-12H2,1-4H3,(H,25,30). The van der Waals surface area contributed by atoms with E-state index in [1.807, 2.05) is 24.3 Å². The minimum absolute atomic E-state index is 0.195. The topological polar surface area (TPSA) is 118 Å². The number of rotatable bonds is 10. The summed E-state index contributed by atoms with van der Waals surface area (Å²) in [4.78, 5) is 12.6. The van der Waals surface area contributed by atoms with Crippen LogP contribution >= 0.6 is 0 Å². The molecule has 0 saturated carbocycles. The number of carbonyl (C=O) groups is 1. The van der Waals surface area contributed by atoms with Gasteiger partial charge >= 0.3 is 0 Å². The second-order valence-corrected chi connectivity index (χ2v) is 7.18. The highest BCUT2D eigenvalue weighted by Gasteiger charge is 2.17. The molecule has 0 fully saturated rings. The van der Waals surface area contributed by atoms with Gasteiger partial charge in [-0.15, -0.1) is 15.3 Å². The molecule has 0 bridgehead atoms. The SMILES string of the molecule is COc1ccccc1-c1nnc2ccc(OCCNC(=O)c3cc(OC)c(OC)c(OC)c3)nn12. The molecule has 0 aliphatic rings. The predicted molar refractivity (Wildman–Crippen MR) is 127 cm³/mol. The van der Waals surface area contributed by atoms with E-state index in [0.717, 1.165) is 5.56 Å². The van der Waals surface area contributed by atoms with E-state index >= 15 is 0 Å². The van der Waals surface area contributed by atoms with E-state index in [-0.39, 0.29) is 19.1 Å². The van der Waals surface area contributed by atoms with Gasteiger partial charge in [0.1, 0.15) is 12.4 Å². The van der Waals surface area contributed by atoms with Gasteiger partial charge in [0.05, 0.1) is 40.5 Å². The third kappa shape index (κ3) is 4.88. The molecule has 1 N–H and O–H groups in total. The molecule has 2 heterocycles. The fraction of sp³-hybridized carbons (Fsp3) is 0.250. The Hall–Kier alpha value is -4.54. The molecule has 0 unspecified atom stereocenters. The maximum absolute atomic E-state index is 12.6. The Bertz CT molecular complexity index is 1310. The minimum Gasteiger partial charge on any atom is -0.496 e. The van der Waals surface area contributed by atoms with Gasteiger partial charge in [-0.2, -0.15) is 4.52 Å². The van der Waals surface area contributed by atoms with Gasteiger partial charge < -0.3 is 29.0 Å².